The smallest absolute Gasteiger partial charge is 0.220 e. The highest BCUT2D eigenvalue weighted by Gasteiger charge is 2.24. The minimum absolute atomic E-state index is 0. The van der Waals surface area contributed by atoms with Crippen molar-refractivity contribution in [2.75, 3.05) is 19.8 Å². The molecule has 2 aliphatic rings. The summed E-state index contributed by atoms with van der Waals surface area (Å²) in [4.78, 5) is 11.7. The van der Waals surface area contributed by atoms with E-state index in [2.05, 4.69) is 5.32 Å². The maximum absolute atomic E-state index is 11.7. The summed E-state index contributed by atoms with van der Waals surface area (Å²) in [6.45, 7) is 2.13. The van der Waals surface area contributed by atoms with Crippen LogP contribution in [0.4, 0.5) is 0 Å². The molecule has 2 atom stereocenters. The standard InChI is InChI=1S/C14H26N2O2.ClH/c15-13-4-2-1-3-12(13)9-14(17)16-7-8-18-10-11-5-6-11;/h11-13H,1-10,15H2,(H,16,17);1H. The van der Waals surface area contributed by atoms with Crippen LogP contribution >= 0.6 is 12.4 Å². The van der Waals surface area contributed by atoms with E-state index in [0.717, 1.165) is 25.4 Å². The molecule has 0 bridgehead atoms. The molecule has 1 amide bonds. The van der Waals surface area contributed by atoms with E-state index in [1.54, 1.807) is 0 Å². The molecular weight excluding hydrogens is 264 g/mol. The maximum Gasteiger partial charge on any atom is 0.220 e. The molecule has 0 heterocycles. The highest BCUT2D eigenvalue weighted by Crippen LogP contribution is 2.28. The number of rotatable bonds is 7. The molecule has 0 radical (unpaired) electrons. The van der Waals surface area contributed by atoms with Gasteiger partial charge in [-0.1, -0.05) is 12.8 Å². The van der Waals surface area contributed by atoms with Crippen LogP contribution in [0.15, 0.2) is 0 Å². The van der Waals surface area contributed by atoms with Crippen molar-refractivity contribution in [3.8, 4) is 0 Å². The molecule has 3 N–H and O–H groups in total. The van der Waals surface area contributed by atoms with Crippen LogP contribution in [0.3, 0.4) is 0 Å². The molecule has 112 valence electrons. The topological polar surface area (TPSA) is 64.4 Å². The molecule has 0 saturated heterocycles. The molecule has 5 heteroatoms. The average Bonchev–Trinajstić information content (AvgIpc) is 3.16. The van der Waals surface area contributed by atoms with Gasteiger partial charge in [0.05, 0.1) is 6.61 Å². The van der Waals surface area contributed by atoms with Crippen molar-refractivity contribution in [1.82, 2.24) is 5.32 Å². The fraction of sp³-hybridized carbons (Fsp3) is 0.929. The van der Waals surface area contributed by atoms with E-state index in [1.807, 2.05) is 0 Å². The first-order chi connectivity index (χ1) is 8.75. The lowest BCUT2D eigenvalue weighted by Crippen LogP contribution is -2.37. The molecule has 2 aliphatic carbocycles. The number of hydrogen-bond donors (Lipinski definition) is 2. The first-order valence-corrected chi connectivity index (χ1v) is 7.35. The first-order valence-electron chi connectivity index (χ1n) is 7.35. The Morgan fingerprint density at radius 1 is 1.21 bits per heavy atom. The van der Waals surface area contributed by atoms with Crippen LogP contribution in [-0.2, 0) is 9.53 Å². The Hall–Kier alpha value is -0.320. The number of carbonyl (C=O) groups excluding carboxylic acids is 1. The van der Waals surface area contributed by atoms with Gasteiger partial charge in [-0.3, -0.25) is 4.79 Å². The van der Waals surface area contributed by atoms with E-state index in [0.29, 0.717) is 25.5 Å². The fourth-order valence-corrected chi connectivity index (χ4v) is 2.60. The van der Waals surface area contributed by atoms with Gasteiger partial charge in [0.1, 0.15) is 0 Å². The van der Waals surface area contributed by atoms with Crippen molar-refractivity contribution >= 4 is 18.3 Å². The zero-order valence-corrected chi connectivity index (χ0v) is 12.4. The summed E-state index contributed by atoms with van der Waals surface area (Å²) in [5.41, 5.74) is 6.04. The molecule has 2 rings (SSSR count). The van der Waals surface area contributed by atoms with Gasteiger partial charge in [0.2, 0.25) is 5.91 Å². The maximum atomic E-state index is 11.7. The van der Waals surface area contributed by atoms with E-state index < -0.39 is 0 Å². The summed E-state index contributed by atoms with van der Waals surface area (Å²) in [6.07, 6.45) is 7.82. The zero-order chi connectivity index (χ0) is 12.8. The van der Waals surface area contributed by atoms with Gasteiger partial charge in [0, 0.05) is 25.6 Å². The van der Waals surface area contributed by atoms with Gasteiger partial charge < -0.3 is 15.8 Å². The summed E-state index contributed by atoms with van der Waals surface area (Å²) in [5.74, 6) is 1.31. The molecule has 2 saturated carbocycles. The summed E-state index contributed by atoms with van der Waals surface area (Å²) in [5, 5.41) is 2.93. The number of hydrogen-bond acceptors (Lipinski definition) is 3. The highest BCUT2D eigenvalue weighted by atomic mass is 35.5. The number of carbonyl (C=O) groups is 1. The van der Waals surface area contributed by atoms with Gasteiger partial charge in [-0.25, -0.2) is 0 Å². The Kier molecular flexibility index (Phi) is 7.73. The third-order valence-corrected chi connectivity index (χ3v) is 4.03. The van der Waals surface area contributed by atoms with Crippen molar-refractivity contribution in [3.63, 3.8) is 0 Å². The lowest BCUT2D eigenvalue weighted by molar-refractivity contribution is -0.122. The normalized spacial score (nSPS) is 26.6. The minimum Gasteiger partial charge on any atom is -0.379 e. The van der Waals surface area contributed by atoms with Gasteiger partial charge in [0.25, 0.3) is 0 Å². The minimum atomic E-state index is 0. The average molecular weight is 291 g/mol. The van der Waals surface area contributed by atoms with Gasteiger partial charge in [-0.05, 0) is 37.5 Å². The second kappa shape index (κ2) is 8.77. The number of amides is 1. The van der Waals surface area contributed by atoms with E-state index in [-0.39, 0.29) is 24.4 Å². The van der Waals surface area contributed by atoms with Crippen molar-refractivity contribution in [2.24, 2.45) is 17.6 Å². The molecule has 2 unspecified atom stereocenters. The fourth-order valence-electron chi connectivity index (χ4n) is 2.60. The Bertz CT molecular complexity index is 272. The van der Waals surface area contributed by atoms with Crippen LogP contribution in [0.25, 0.3) is 0 Å². The molecule has 0 aromatic carbocycles. The Balaban J connectivity index is 0.00000180. The molecule has 0 aliphatic heterocycles. The molecule has 0 spiro atoms. The zero-order valence-electron chi connectivity index (χ0n) is 11.6. The second-order valence-corrected chi connectivity index (χ2v) is 5.78. The van der Waals surface area contributed by atoms with Crippen molar-refractivity contribution < 1.29 is 9.53 Å². The Morgan fingerprint density at radius 3 is 2.63 bits per heavy atom. The van der Waals surface area contributed by atoms with Gasteiger partial charge >= 0.3 is 0 Å². The molecular formula is C14H27ClN2O2. The Morgan fingerprint density at radius 2 is 1.95 bits per heavy atom. The third-order valence-electron chi connectivity index (χ3n) is 4.03. The summed E-state index contributed by atoms with van der Waals surface area (Å²) in [6, 6.07) is 0.218. The molecule has 4 nitrogen and oxygen atoms in total. The number of ether oxygens (including phenoxy) is 1. The van der Waals surface area contributed by atoms with Crippen molar-refractivity contribution in [3.05, 3.63) is 0 Å². The molecule has 0 aromatic heterocycles. The lowest BCUT2D eigenvalue weighted by Gasteiger charge is -2.27. The molecule has 0 aromatic rings. The lowest BCUT2D eigenvalue weighted by atomic mass is 9.83. The van der Waals surface area contributed by atoms with Gasteiger partial charge in [-0.15, -0.1) is 12.4 Å². The predicted octanol–water partition coefficient (Wildman–Crippen LogP) is 1.86. The van der Waals surface area contributed by atoms with E-state index in [4.69, 9.17) is 10.5 Å². The molecule has 2 fully saturated rings. The predicted molar refractivity (Wildman–Crippen MR) is 78.4 cm³/mol. The summed E-state index contributed by atoms with van der Waals surface area (Å²) >= 11 is 0. The number of nitrogens with two attached hydrogens (primary N) is 1. The van der Waals surface area contributed by atoms with Crippen molar-refractivity contribution in [2.45, 2.75) is 51.0 Å². The van der Waals surface area contributed by atoms with Crippen LogP contribution in [0, 0.1) is 11.8 Å². The van der Waals surface area contributed by atoms with E-state index in [1.165, 1.54) is 25.7 Å². The number of nitrogens with one attached hydrogen (secondary N) is 1. The Labute approximate surface area is 122 Å². The first kappa shape index (κ1) is 16.7. The monoisotopic (exact) mass is 290 g/mol. The van der Waals surface area contributed by atoms with Crippen LogP contribution in [0.2, 0.25) is 0 Å². The highest BCUT2D eigenvalue weighted by molar-refractivity contribution is 5.85. The van der Waals surface area contributed by atoms with Crippen LogP contribution in [-0.4, -0.2) is 31.7 Å². The SMILES string of the molecule is Cl.NC1CCCCC1CC(=O)NCCOCC1CC1. The van der Waals surface area contributed by atoms with E-state index in [9.17, 15) is 4.79 Å². The summed E-state index contributed by atoms with van der Waals surface area (Å²) < 4.78 is 5.48. The van der Waals surface area contributed by atoms with Crippen LogP contribution in [0.1, 0.15) is 44.9 Å². The second-order valence-electron chi connectivity index (χ2n) is 5.78. The third kappa shape index (κ3) is 6.59. The quantitative estimate of drug-likeness (QED) is 0.704. The van der Waals surface area contributed by atoms with E-state index >= 15 is 0 Å². The van der Waals surface area contributed by atoms with Gasteiger partial charge in [0.15, 0.2) is 0 Å². The van der Waals surface area contributed by atoms with Crippen LogP contribution < -0.4 is 11.1 Å². The molecule has 19 heavy (non-hydrogen) atoms. The van der Waals surface area contributed by atoms with Crippen LogP contribution in [0.5, 0.6) is 0 Å². The number of halogens is 1. The van der Waals surface area contributed by atoms with Gasteiger partial charge in [-0.2, -0.15) is 0 Å². The van der Waals surface area contributed by atoms with Crippen molar-refractivity contribution in [1.29, 1.82) is 0 Å². The summed E-state index contributed by atoms with van der Waals surface area (Å²) in [7, 11) is 0. The largest absolute Gasteiger partial charge is 0.379 e.